The molecule has 0 unspecified atom stereocenters. The molecule has 0 aliphatic rings. The molecule has 0 radical (unpaired) electrons. The zero-order valence-electron chi connectivity index (χ0n) is 16.5. The van der Waals surface area contributed by atoms with Crippen molar-refractivity contribution in [3.8, 4) is 5.75 Å². The van der Waals surface area contributed by atoms with E-state index in [0.29, 0.717) is 25.6 Å². The summed E-state index contributed by atoms with van der Waals surface area (Å²) in [4.78, 5) is 4.49. The minimum Gasteiger partial charge on any atom is -0.406 e. The van der Waals surface area contributed by atoms with Crippen LogP contribution in [0.3, 0.4) is 0 Å². The molecule has 162 valence electrons. The smallest absolute Gasteiger partial charge is 0.406 e. The van der Waals surface area contributed by atoms with Gasteiger partial charge in [0, 0.05) is 25.6 Å². The molecule has 7 nitrogen and oxygen atoms in total. The van der Waals surface area contributed by atoms with Gasteiger partial charge in [-0.2, -0.15) is 0 Å². The van der Waals surface area contributed by atoms with Gasteiger partial charge in [-0.15, -0.1) is 47.3 Å². The molecular formula is C18H26F3IN6O. The average Bonchev–Trinajstić information content (AvgIpc) is 3.06. The monoisotopic (exact) mass is 526 g/mol. The Hall–Kier alpha value is -2.05. The molecule has 1 heterocycles. The Balaban J connectivity index is 0.00000420. The maximum absolute atomic E-state index is 12.2. The maximum atomic E-state index is 12.2. The number of nitrogens with zero attached hydrogens (tertiary/aromatic N) is 4. The van der Waals surface area contributed by atoms with Crippen molar-refractivity contribution in [1.82, 2.24) is 25.4 Å². The number of guanidine groups is 1. The van der Waals surface area contributed by atoms with Crippen LogP contribution in [0.2, 0.25) is 0 Å². The highest BCUT2D eigenvalue weighted by Crippen LogP contribution is 2.22. The largest absolute Gasteiger partial charge is 0.573 e. The normalized spacial score (nSPS) is 11.9. The number of nitrogens with one attached hydrogen (secondary N) is 2. The Labute approximate surface area is 185 Å². The Bertz CT molecular complexity index is 762. The van der Waals surface area contributed by atoms with Gasteiger partial charge in [-0.25, -0.2) is 4.99 Å². The first-order valence-corrected chi connectivity index (χ1v) is 9.03. The van der Waals surface area contributed by atoms with E-state index in [1.54, 1.807) is 18.5 Å². The van der Waals surface area contributed by atoms with Crippen molar-refractivity contribution in [2.24, 2.45) is 4.99 Å². The van der Waals surface area contributed by atoms with E-state index in [1.807, 2.05) is 25.3 Å². The topological polar surface area (TPSA) is 76.4 Å². The Morgan fingerprint density at radius 2 is 1.93 bits per heavy atom. The summed E-state index contributed by atoms with van der Waals surface area (Å²) in [6, 6.07) is 5.85. The molecule has 1 aromatic heterocycles. The maximum Gasteiger partial charge on any atom is 0.573 e. The molecule has 2 aromatic rings. The fourth-order valence-electron chi connectivity index (χ4n) is 2.43. The fraction of sp³-hybridized carbons (Fsp3) is 0.500. The second kappa shape index (κ2) is 11.8. The van der Waals surface area contributed by atoms with Gasteiger partial charge in [0.25, 0.3) is 0 Å². The molecule has 11 heteroatoms. The minimum atomic E-state index is -4.69. The quantitative estimate of drug-likeness (QED) is 0.313. The predicted octanol–water partition coefficient (Wildman–Crippen LogP) is 3.50. The van der Waals surface area contributed by atoms with Crippen LogP contribution in [0.4, 0.5) is 13.2 Å². The molecule has 1 aromatic carbocycles. The van der Waals surface area contributed by atoms with Crippen LogP contribution in [0.5, 0.6) is 5.75 Å². The Kier molecular flexibility index (Phi) is 10.2. The summed E-state index contributed by atoms with van der Waals surface area (Å²) in [5, 5.41) is 14.4. The van der Waals surface area contributed by atoms with Crippen molar-refractivity contribution in [2.75, 3.05) is 6.54 Å². The van der Waals surface area contributed by atoms with Crippen molar-refractivity contribution in [3.63, 3.8) is 0 Å². The van der Waals surface area contributed by atoms with Crippen molar-refractivity contribution < 1.29 is 17.9 Å². The van der Waals surface area contributed by atoms with Gasteiger partial charge in [0.15, 0.2) is 5.96 Å². The Morgan fingerprint density at radius 3 is 2.52 bits per heavy atom. The van der Waals surface area contributed by atoms with Crippen molar-refractivity contribution in [1.29, 1.82) is 0 Å². The zero-order chi connectivity index (χ0) is 20.6. The first-order chi connectivity index (χ1) is 13.3. The lowest BCUT2D eigenvalue weighted by Crippen LogP contribution is -2.42. The summed E-state index contributed by atoms with van der Waals surface area (Å²) in [7, 11) is 0. The number of rotatable bonds is 8. The van der Waals surface area contributed by atoms with Gasteiger partial charge in [0.1, 0.15) is 17.9 Å². The van der Waals surface area contributed by atoms with Crippen molar-refractivity contribution in [2.45, 2.75) is 52.7 Å². The average molecular weight is 526 g/mol. The number of benzene rings is 1. The molecule has 2 rings (SSSR count). The molecule has 2 N–H and O–H groups in total. The van der Waals surface area contributed by atoms with Gasteiger partial charge in [-0.05, 0) is 31.5 Å². The van der Waals surface area contributed by atoms with Crippen LogP contribution in [0.25, 0.3) is 0 Å². The lowest BCUT2D eigenvalue weighted by atomic mass is 10.2. The van der Waals surface area contributed by atoms with E-state index in [0.717, 1.165) is 17.8 Å². The summed E-state index contributed by atoms with van der Waals surface area (Å²) in [5.74, 6) is 1.29. The van der Waals surface area contributed by atoms with Crippen LogP contribution in [0, 0.1) is 0 Å². The van der Waals surface area contributed by atoms with Crippen LogP contribution in [0.1, 0.15) is 32.2 Å². The number of hydrogen-bond donors (Lipinski definition) is 2. The summed E-state index contributed by atoms with van der Waals surface area (Å²) in [6.45, 7) is 7.65. The zero-order valence-corrected chi connectivity index (χ0v) is 18.9. The number of hydrogen-bond acceptors (Lipinski definition) is 4. The van der Waals surface area contributed by atoms with E-state index in [9.17, 15) is 13.2 Å². The lowest BCUT2D eigenvalue weighted by Gasteiger charge is -2.16. The number of aliphatic imine (C=N–C) groups is 1. The van der Waals surface area contributed by atoms with E-state index >= 15 is 0 Å². The fourth-order valence-corrected chi connectivity index (χ4v) is 2.43. The molecule has 0 spiro atoms. The molecule has 0 aliphatic carbocycles. The minimum absolute atomic E-state index is 0. The SMILES string of the molecule is CCc1nncn1CCNC(=NCc1ccc(OC(F)(F)F)cc1)NC(C)C.I. The van der Waals surface area contributed by atoms with E-state index in [4.69, 9.17) is 0 Å². The van der Waals surface area contributed by atoms with Crippen LogP contribution in [0.15, 0.2) is 35.6 Å². The molecule has 0 bridgehead atoms. The van der Waals surface area contributed by atoms with Gasteiger partial charge in [-0.3, -0.25) is 0 Å². The molecule has 0 aliphatic heterocycles. The first-order valence-electron chi connectivity index (χ1n) is 9.03. The van der Waals surface area contributed by atoms with Crippen LogP contribution in [-0.2, 0) is 19.5 Å². The van der Waals surface area contributed by atoms with Crippen LogP contribution >= 0.6 is 24.0 Å². The lowest BCUT2D eigenvalue weighted by molar-refractivity contribution is -0.274. The molecular weight excluding hydrogens is 500 g/mol. The number of aryl methyl sites for hydroxylation is 1. The molecule has 29 heavy (non-hydrogen) atoms. The molecule has 0 atom stereocenters. The van der Waals surface area contributed by atoms with Gasteiger partial charge in [0.2, 0.25) is 0 Å². The highest BCUT2D eigenvalue weighted by Gasteiger charge is 2.30. The number of halogens is 4. The summed E-state index contributed by atoms with van der Waals surface area (Å²) < 4.78 is 42.5. The molecule has 0 saturated carbocycles. The third kappa shape index (κ3) is 9.33. The number of alkyl halides is 3. The second-order valence-corrected chi connectivity index (χ2v) is 6.38. The molecule has 0 saturated heterocycles. The summed E-state index contributed by atoms with van der Waals surface area (Å²) in [5.41, 5.74) is 0.770. The Morgan fingerprint density at radius 1 is 1.24 bits per heavy atom. The number of ether oxygens (including phenoxy) is 1. The third-order valence-electron chi connectivity index (χ3n) is 3.66. The first kappa shape index (κ1) is 25.0. The molecule has 0 amide bonds. The second-order valence-electron chi connectivity index (χ2n) is 6.38. The van der Waals surface area contributed by atoms with E-state index in [-0.39, 0.29) is 35.8 Å². The third-order valence-corrected chi connectivity index (χ3v) is 3.66. The van der Waals surface area contributed by atoms with Crippen molar-refractivity contribution >= 4 is 29.9 Å². The van der Waals surface area contributed by atoms with Gasteiger partial charge in [-0.1, -0.05) is 19.1 Å². The van der Waals surface area contributed by atoms with Gasteiger partial charge < -0.3 is 19.9 Å². The molecule has 0 fully saturated rings. The standard InChI is InChI=1S/C18H25F3N6O.HI/c1-4-16-26-24-12-27(16)10-9-22-17(25-13(2)3)23-11-14-5-7-15(8-6-14)28-18(19,20)21;/h5-8,12-13H,4,9-11H2,1-3H3,(H2,22,23,25);1H. The van der Waals surface area contributed by atoms with E-state index in [1.165, 1.54) is 12.1 Å². The van der Waals surface area contributed by atoms with Gasteiger partial charge >= 0.3 is 6.36 Å². The predicted molar refractivity (Wildman–Crippen MR) is 115 cm³/mol. The highest BCUT2D eigenvalue weighted by molar-refractivity contribution is 14.0. The van der Waals surface area contributed by atoms with Crippen LogP contribution < -0.4 is 15.4 Å². The van der Waals surface area contributed by atoms with Crippen LogP contribution in [-0.4, -0.2) is 39.7 Å². The van der Waals surface area contributed by atoms with E-state index < -0.39 is 6.36 Å². The van der Waals surface area contributed by atoms with Crippen molar-refractivity contribution in [3.05, 3.63) is 42.0 Å². The van der Waals surface area contributed by atoms with E-state index in [2.05, 4.69) is 30.6 Å². The summed E-state index contributed by atoms with van der Waals surface area (Å²) >= 11 is 0. The number of aromatic nitrogens is 3. The van der Waals surface area contributed by atoms with Gasteiger partial charge in [0.05, 0.1) is 6.54 Å². The highest BCUT2D eigenvalue weighted by atomic mass is 127. The summed E-state index contributed by atoms with van der Waals surface area (Å²) in [6.07, 6.45) is -2.20.